The van der Waals surface area contributed by atoms with Crippen molar-refractivity contribution in [1.29, 1.82) is 0 Å². The quantitative estimate of drug-likeness (QED) is 0.431. The van der Waals surface area contributed by atoms with E-state index in [2.05, 4.69) is 0 Å². The molecule has 2 aromatic carbocycles. The molecule has 0 fully saturated rings. The number of aromatic nitrogens is 1. The van der Waals surface area contributed by atoms with Crippen molar-refractivity contribution in [2.45, 2.75) is 12.6 Å². The molecule has 1 aromatic heterocycles. The zero-order valence-electron chi connectivity index (χ0n) is 15.8. The van der Waals surface area contributed by atoms with Crippen LogP contribution in [0.5, 0.6) is 5.75 Å². The van der Waals surface area contributed by atoms with Crippen molar-refractivity contribution in [3.8, 4) is 16.9 Å². The topological polar surface area (TPSA) is 138 Å². The molecule has 0 saturated carbocycles. The molecule has 0 spiro atoms. The minimum Gasteiger partial charge on any atom is -0.491 e. The summed E-state index contributed by atoms with van der Waals surface area (Å²) in [6, 6.07) is 17.8. The number of hydrogen-bond acceptors (Lipinski definition) is 6. The van der Waals surface area contributed by atoms with E-state index in [4.69, 9.17) is 10.5 Å². The van der Waals surface area contributed by atoms with E-state index in [0.29, 0.717) is 5.75 Å². The lowest BCUT2D eigenvalue weighted by Gasteiger charge is -2.14. The van der Waals surface area contributed by atoms with Gasteiger partial charge in [0.1, 0.15) is 24.0 Å². The summed E-state index contributed by atoms with van der Waals surface area (Å²) < 4.78 is 6.41. The zero-order chi connectivity index (χ0) is 21.7. The Kier molecular flexibility index (Phi) is 6.23. The first-order valence-corrected chi connectivity index (χ1v) is 9.00. The predicted molar refractivity (Wildman–Crippen MR) is 109 cm³/mol. The van der Waals surface area contributed by atoms with Crippen molar-refractivity contribution in [2.75, 3.05) is 6.61 Å². The van der Waals surface area contributed by atoms with Crippen LogP contribution in [-0.4, -0.2) is 33.2 Å². The Morgan fingerprint density at radius 1 is 1.13 bits per heavy atom. The molecule has 3 N–H and O–H groups in total. The molecular weight excluding hydrogens is 390 g/mol. The second kappa shape index (κ2) is 9.01. The minimum atomic E-state index is -1.15. The second-order valence-electron chi connectivity index (χ2n) is 6.55. The molecule has 1 amide bonds. The minimum absolute atomic E-state index is 0.161. The number of amides is 1. The molecule has 0 aliphatic heterocycles. The molecule has 9 heteroatoms. The number of nitrogens with zero attached hydrogens (tertiary/aromatic N) is 2. The molecule has 3 aromatic rings. The number of carbonyl (C=O) groups is 1. The van der Waals surface area contributed by atoms with Crippen LogP contribution in [0, 0.1) is 10.1 Å². The van der Waals surface area contributed by atoms with Gasteiger partial charge in [-0.25, -0.2) is 0 Å². The van der Waals surface area contributed by atoms with E-state index in [9.17, 15) is 24.8 Å². The van der Waals surface area contributed by atoms with Gasteiger partial charge in [0.2, 0.25) is 0 Å². The Morgan fingerprint density at radius 3 is 2.37 bits per heavy atom. The second-order valence-corrected chi connectivity index (χ2v) is 6.55. The highest BCUT2D eigenvalue weighted by molar-refractivity contribution is 5.92. The number of primary amides is 1. The number of carbonyl (C=O) groups excluding carboxylic acids is 1. The van der Waals surface area contributed by atoms with E-state index < -0.39 is 33.7 Å². The van der Waals surface area contributed by atoms with Crippen molar-refractivity contribution >= 4 is 11.6 Å². The average molecular weight is 409 g/mol. The highest BCUT2D eigenvalue weighted by atomic mass is 16.6. The number of nitrogens with two attached hydrogens (primary N) is 1. The molecule has 0 unspecified atom stereocenters. The smallest absolute Gasteiger partial charge is 0.286 e. The third-order valence-electron chi connectivity index (χ3n) is 4.36. The van der Waals surface area contributed by atoms with Crippen LogP contribution in [0.4, 0.5) is 5.69 Å². The van der Waals surface area contributed by atoms with Crippen LogP contribution in [0.25, 0.3) is 11.1 Å². The lowest BCUT2D eigenvalue weighted by atomic mass is 10.1. The summed E-state index contributed by atoms with van der Waals surface area (Å²) in [4.78, 5) is 33.9. The summed E-state index contributed by atoms with van der Waals surface area (Å²) in [5.41, 5.74) is 5.35. The molecule has 3 rings (SSSR count). The predicted octanol–water partition coefficient (Wildman–Crippen LogP) is 1.96. The fourth-order valence-corrected chi connectivity index (χ4v) is 2.88. The van der Waals surface area contributed by atoms with E-state index in [-0.39, 0.29) is 13.2 Å². The van der Waals surface area contributed by atoms with Crippen LogP contribution >= 0.6 is 0 Å². The third kappa shape index (κ3) is 4.89. The summed E-state index contributed by atoms with van der Waals surface area (Å²) in [5.74, 6) is -0.570. The van der Waals surface area contributed by atoms with Crippen LogP contribution in [0.1, 0.15) is 10.4 Å². The lowest BCUT2D eigenvalue weighted by molar-refractivity contribution is -0.385. The van der Waals surface area contributed by atoms with Crippen molar-refractivity contribution in [1.82, 2.24) is 4.57 Å². The van der Waals surface area contributed by atoms with E-state index in [1.165, 1.54) is 0 Å². The molecule has 1 atom stereocenters. The molecule has 1 heterocycles. The van der Waals surface area contributed by atoms with Crippen LogP contribution in [0.3, 0.4) is 0 Å². The van der Waals surface area contributed by atoms with Gasteiger partial charge >= 0.3 is 0 Å². The number of aliphatic hydroxyl groups is 1. The van der Waals surface area contributed by atoms with E-state index in [0.717, 1.165) is 28.0 Å². The summed E-state index contributed by atoms with van der Waals surface area (Å²) >= 11 is 0. The van der Waals surface area contributed by atoms with Crippen LogP contribution in [-0.2, 0) is 6.54 Å². The summed E-state index contributed by atoms with van der Waals surface area (Å²) in [6.45, 7) is -0.464. The Bertz CT molecular complexity index is 1110. The van der Waals surface area contributed by atoms with Crippen molar-refractivity contribution in [3.63, 3.8) is 0 Å². The molecule has 0 aliphatic rings. The molecule has 0 aliphatic carbocycles. The van der Waals surface area contributed by atoms with Crippen LogP contribution in [0.15, 0.2) is 71.7 Å². The number of pyridine rings is 1. The van der Waals surface area contributed by atoms with Gasteiger partial charge in [0.05, 0.1) is 17.7 Å². The standard InChI is InChI=1S/C21H19N3O6/c22-20(26)19-10-16(24(28)29)11-23(21(19)27)12-17(25)13-30-18-8-6-15(7-9-18)14-4-2-1-3-5-14/h1-11,17,25H,12-13H2,(H2,22,26)/t17-/m0/s1. The molecule has 0 saturated heterocycles. The summed E-state index contributed by atoms with van der Waals surface area (Å²) in [5, 5.41) is 21.2. The molecule has 0 radical (unpaired) electrons. The van der Waals surface area contributed by atoms with Crippen molar-refractivity contribution < 1.29 is 19.6 Å². The van der Waals surface area contributed by atoms with Gasteiger partial charge in [0.25, 0.3) is 17.2 Å². The first kappa shape index (κ1) is 20.7. The van der Waals surface area contributed by atoms with Gasteiger partial charge in [-0.15, -0.1) is 0 Å². The number of rotatable bonds is 8. The summed E-state index contributed by atoms with van der Waals surface area (Å²) in [7, 11) is 0. The Balaban J connectivity index is 1.67. The van der Waals surface area contributed by atoms with Gasteiger partial charge in [0.15, 0.2) is 0 Å². The maximum Gasteiger partial charge on any atom is 0.286 e. The number of hydrogen-bond donors (Lipinski definition) is 2. The van der Waals surface area contributed by atoms with Gasteiger partial charge < -0.3 is 20.1 Å². The first-order valence-electron chi connectivity index (χ1n) is 9.00. The van der Waals surface area contributed by atoms with Crippen LogP contribution in [0.2, 0.25) is 0 Å². The molecule has 9 nitrogen and oxygen atoms in total. The Labute approximate surface area is 171 Å². The zero-order valence-corrected chi connectivity index (χ0v) is 15.8. The monoisotopic (exact) mass is 409 g/mol. The highest BCUT2D eigenvalue weighted by Gasteiger charge is 2.19. The first-order chi connectivity index (χ1) is 14.3. The van der Waals surface area contributed by atoms with Gasteiger partial charge in [-0.05, 0) is 23.3 Å². The van der Waals surface area contributed by atoms with E-state index in [1.54, 1.807) is 12.1 Å². The fraction of sp³-hybridized carbons (Fsp3) is 0.143. The van der Waals surface area contributed by atoms with Gasteiger partial charge in [-0.1, -0.05) is 42.5 Å². The molecule has 0 bridgehead atoms. The fourth-order valence-electron chi connectivity index (χ4n) is 2.88. The van der Waals surface area contributed by atoms with Gasteiger partial charge in [0, 0.05) is 6.07 Å². The number of benzene rings is 2. The maximum atomic E-state index is 12.3. The Hall–Kier alpha value is -3.98. The third-order valence-corrected chi connectivity index (χ3v) is 4.36. The van der Waals surface area contributed by atoms with E-state index >= 15 is 0 Å². The number of ether oxygens (including phenoxy) is 1. The maximum absolute atomic E-state index is 12.3. The number of nitro groups is 1. The normalized spacial score (nSPS) is 11.6. The lowest BCUT2D eigenvalue weighted by Crippen LogP contribution is -2.34. The highest BCUT2D eigenvalue weighted by Crippen LogP contribution is 2.22. The van der Waals surface area contributed by atoms with Gasteiger partial charge in [-0.3, -0.25) is 19.7 Å². The number of aliphatic hydroxyl groups excluding tert-OH is 1. The van der Waals surface area contributed by atoms with Crippen molar-refractivity contribution in [2.24, 2.45) is 5.73 Å². The van der Waals surface area contributed by atoms with Crippen molar-refractivity contribution in [3.05, 3.63) is 92.9 Å². The largest absolute Gasteiger partial charge is 0.491 e. The SMILES string of the molecule is NC(=O)c1cc([N+](=O)[O-])cn(C[C@H](O)COc2ccc(-c3ccccc3)cc2)c1=O. The molecular formula is C21H19N3O6. The average Bonchev–Trinajstić information content (AvgIpc) is 2.74. The van der Waals surface area contributed by atoms with Crippen LogP contribution < -0.4 is 16.0 Å². The van der Waals surface area contributed by atoms with Gasteiger partial charge in [-0.2, -0.15) is 0 Å². The molecule has 154 valence electrons. The van der Waals surface area contributed by atoms with E-state index in [1.807, 2.05) is 42.5 Å². The Morgan fingerprint density at radius 2 is 1.77 bits per heavy atom. The summed E-state index contributed by atoms with van der Waals surface area (Å²) in [6.07, 6.45) is -0.202. The molecule has 30 heavy (non-hydrogen) atoms.